The highest BCUT2D eigenvalue weighted by molar-refractivity contribution is 5.91. The van der Waals surface area contributed by atoms with Crippen molar-refractivity contribution in [1.29, 1.82) is 0 Å². The van der Waals surface area contributed by atoms with Crippen molar-refractivity contribution >= 4 is 11.7 Å². The van der Waals surface area contributed by atoms with Crippen molar-refractivity contribution in [1.82, 2.24) is 5.32 Å². The standard InChI is InChI=1S/C10H11F3N2O3/c1-17-6-3-4-8(18-2)7(5-6)14-9(16)15-10(11,12)13/h3-5H,1-2H3,(H2,14,15,16). The minimum absolute atomic E-state index is 0.0681. The summed E-state index contributed by atoms with van der Waals surface area (Å²) < 4.78 is 45.5. The van der Waals surface area contributed by atoms with Crippen molar-refractivity contribution in [2.24, 2.45) is 0 Å². The molecule has 0 saturated heterocycles. The van der Waals surface area contributed by atoms with Crippen molar-refractivity contribution < 1.29 is 27.4 Å². The van der Waals surface area contributed by atoms with Crippen LogP contribution in [0.1, 0.15) is 0 Å². The lowest BCUT2D eigenvalue weighted by Gasteiger charge is -2.13. The molecule has 0 heterocycles. The van der Waals surface area contributed by atoms with Crippen molar-refractivity contribution in [3.05, 3.63) is 18.2 Å². The number of carbonyl (C=O) groups is 1. The second-order valence-corrected chi connectivity index (χ2v) is 3.14. The molecule has 18 heavy (non-hydrogen) atoms. The highest BCUT2D eigenvalue weighted by Crippen LogP contribution is 2.28. The zero-order valence-electron chi connectivity index (χ0n) is 9.59. The van der Waals surface area contributed by atoms with Gasteiger partial charge in [-0.15, -0.1) is 0 Å². The van der Waals surface area contributed by atoms with Gasteiger partial charge in [0, 0.05) is 6.07 Å². The smallest absolute Gasteiger partial charge is 0.485 e. The molecule has 0 unspecified atom stereocenters. The van der Waals surface area contributed by atoms with Gasteiger partial charge in [-0.05, 0) is 12.1 Å². The van der Waals surface area contributed by atoms with Crippen LogP contribution in [-0.4, -0.2) is 26.6 Å². The summed E-state index contributed by atoms with van der Waals surface area (Å²) in [7, 11) is 2.72. The molecule has 1 aromatic carbocycles. The van der Waals surface area contributed by atoms with Crippen LogP contribution in [-0.2, 0) is 0 Å². The molecule has 8 heteroatoms. The molecule has 0 saturated carbocycles. The third-order valence-electron chi connectivity index (χ3n) is 1.91. The number of anilines is 1. The zero-order valence-corrected chi connectivity index (χ0v) is 9.59. The van der Waals surface area contributed by atoms with Crippen molar-refractivity contribution in [2.45, 2.75) is 6.30 Å². The molecule has 5 nitrogen and oxygen atoms in total. The number of ether oxygens (including phenoxy) is 2. The Hall–Kier alpha value is -2.12. The number of benzene rings is 1. The average molecular weight is 264 g/mol. The fourth-order valence-corrected chi connectivity index (χ4v) is 1.19. The van der Waals surface area contributed by atoms with Gasteiger partial charge in [0.05, 0.1) is 19.9 Å². The molecule has 100 valence electrons. The Kier molecular flexibility index (Phi) is 4.24. The van der Waals surface area contributed by atoms with Gasteiger partial charge >= 0.3 is 12.3 Å². The largest absolute Gasteiger partial charge is 0.497 e. The predicted octanol–water partition coefficient (Wildman–Crippen LogP) is 2.35. The van der Waals surface area contributed by atoms with E-state index < -0.39 is 12.3 Å². The summed E-state index contributed by atoms with van der Waals surface area (Å²) in [5, 5.41) is 2.83. The van der Waals surface area contributed by atoms with Crippen molar-refractivity contribution in [3.63, 3.8) is 0 Å². The summed E-state index contributed by atoms with van der Waals surface area (Å²) in [5.74, 6) is 0.589. The van der Waals surface area contributed by atoms with Crippen LogP contribution in [0.3, 0.4) is 0 Å². The van der Waals surface area contributed by atoms with E-state index in [-0.39, 0.29) is 11.4 Å². The molecule has 0 radical (unpaired) electrons. The quantitative estimate of drug-likeness (QED) is 0.824. The van der Waals surface area contributed by atoms with E-state index in [1.54, 1.807) is 6.07 Å². The van der Waals surface area contributed by atoms with Gasteiger partial charge in [-0.1, -0.05) is 0 Å². The number of amides is 2. The van der Waals surface area contributed by atoms with Gasteiger partial charge in [0.15, 0.2) is 0 Å². The van der Waals surface area contributed by atoms with Crippen molar-refractivity contribution in [3.8, 4) is 11.5 Å². The van der Waals surface area contributed by atoms with E-state index >= 15 is 0 Å². The molecule has 2 N–H and O–H groups in total. The van der Waals surface area contributed by atoms with Crippen LogP contribution in [0, 0.1) is 0 Å². The van der Waals surface area contributed by atoms with Crippen LogP contribution >= 0.6 is 0 Å². The first-order valence-corrected chi connectivity index (χ1v) is 4.73. The number of carbonyl (C=O) groups excluding carboxylic acids is 1. The van der Waals surface area contributed by atoms with E-state index in [4.69, 9.17) is 9.47 Å². The number of halogens is 3. The zero-order chi connectivity index (χ0) is 13.8. The van der Waals surface area contributed by atoms with Gasteiger partial charge < -0.3 is 14.8 Å². The van der Waals surface area contributed by atoms with E-state index in [9.17, 15) is 18.0 Å². The van der Waals surface area contributed by atoms with E-state index in [0.717, 1.165) is 5.32 Å². The maximum absolute atomic E-state index is 11.9. The number of methoxy groups -OCH3 is 2. The predicted molar refractivity (Wildman–Crippen MR) is 57.8 cm³/mol. The van der Waals surface area contributed by atoms with E-state index in [2.05, 4.69) is 0 Å². The first-order valence-electron chi connectivity index (χ1n) is 4.73. The summed E-state index contributed by atoms with van der Waals surface area (Å²) in [6, 6.07) is 2.94. The lowest BCUT2D eigenvalue weighted by Crippen LogP contribution is -2.40. The third-order valence-corrected chi connectivity index (χ3v) is 1.91. The summed E-state index contributed by atoms with van der Waals surface area (Å²) in [5.41, 5.74) is 0.0681. The summed E-state index contributed by atoms with van der Waals surface area (Å²) in [4.78, 5) is 11.1. The summed E-state index contributed by atoms with van der Waals surface area (Å²) in [6.07, 6.45) is -4.80. The Balaban J connectivity index is 2.85. The van der Waals surface area contributed by atoms with Gasteiger partial charge in [0.1, 0.15) is 11.5 Å². The summed E-state index contributed by atoms with van der Waals surface area (Å²) >= 11 is 0. The lowest BCUT2D eigenvalue weighted by atomic mass is 10.2. The lowest BCUT2D eigenvalue weighted by molar-refractivity contribution is -0.144. The molecule has 0 aliphatic rings. The molecule has 0 fully saturated rings. The first-order chi connectivity index (χ1) is 8.35. The fraction of sp³-hybridized carbons (Fsp3) is 0.300. The Morgan fingerprint density at radius 3 is 2.39 bits per heavy atom. The second kappa shape index (κ2) is 5.48. The second-order valence-electron chi connectivity index (χ2n) is 3.14. The molecule has 0 aliphatic heterocycles. The molecule has 1 rings (SSSR count). The van der Waals surface area contributed by atoms with E-state index in [0.29, 0.717) is 5.75 Å². The number of hydrogen-bond acceptors (Lipinski definition) is 3. The Labute approximate surface area is 101 Å². The van der Waals surface area contributed by atoms with Gasteiger partial charge in [-0.3, -0.25) is 0 Å². The maximum Gasteiger partial charge on any atom is 0.485 e. The SMILES string of the molecule is COc1ccc(OC)c(NC(=O)NC(F)(F)F)c1. The van der Waals surface area contributed by atoms with Gasteiger partial charge in [0.25, 0.3) is 0 Å². The van der Waals surface area contributed by atoms with E-state index in [1.165, 1.54) is 26.4 Å². The van der Waals surface area contributed by atoms with Crippen LogP contribution in [0.15, 0.2) is 18.2 Å². The van der Waals surface area contributed by atoms with Crippen LogP contribution in [0.2, 0.25) is 0 Å². The van der Waals surface area contributed by atoms with E-state index in [1.807, 2.05) is 5.32 Å². The normalized spacial score (nSPS) is 10.7. The van der Waals surface area contributed by atoms with Crippen LogP contribution < -0.4 is 20.1 Å². The number of alkyl halides is 3. The number of nitrogens with one attached hydrogen (secondary N) is 2. The average Bonchev–Trinajstić information content (AvgIpc) is 2.26. The van der Waals surface area contributed by atoms with Gasteiger partial charge in [-0.2, -0.15) is 13.2 Å². The molecule has 0 spiro atoms. The number of hydrogen-bond donors (Lipinski definition) is 2. The Morgan fingerprint density at radius 1 is 1.22 bits per heavy atom. The van der Waals surface area contributed by atoms with Crippen LogP contribution in [0.4, 0.5) is 23.7 Å². The highest BCUT2D eigenvalue weighted by atomic mass is 19.4. The van der Waals surface area contributed by atoms with Crippen LogP contribution in [0.5, 0.6) is 11.5 Å². The number of rotatable bonds is 3. The van der Waals surface area contributed by atoms with Crippen molar-refractivity contribution in [2.75, 3.05) is 19.5 Å². The molecule has 2 amide bonds. The third kappa shape index (κ3) is 4.04. The molecule has 0 bridgehead atoms. The molecule has 0 aromatic heterocycles. The minimum Gasteiger partial charge on any atom is -0.497 e. The molecule has 0 aliphatic carbocycles. The summed E-state index contributed by atoms with van der Waals surface area (Å²) in [6.45, 7) is 0. The molecule has 0 atom stereocenters. The molecular weight excluding hydrogens is 253 g/mol. The van der Waals surface area contributed by atoms with Crippen LogP contribution in [0.25, 0.3) is 0 Å². The minimum atomic E-state index is -4.80. The maximum atomic E-state index is 11.9. The molecular formula is C10H11F3N2O3. The van der Waals surface area contributed by atoms with Gasteiger partial charge in [0.2, 0.25) is 0 Å². The Morgan fingerprint density at radius 2 is 1.89 bits per heavy atom. The Bertz CT molecular complexity index is 435. The first kappa shape index (κ1) is 13.9. The topological polar surface area (TPSA) is 59.6 Å². The monoisotopic (exact) mass is 264 g/mol. The number of urea groups is 1. The van der Waals surface area contributed by atoms with Gasteiger partial charge in [-0.25, -0.2) is 10.1 Å². The fourth-order valence-electron chi connectivity index (χ4n) is 1.19. The molecule has 1 aromatic rings. The highest BCUT2D eigenvalue weighted by Gasteiger charge is 2.30.